The van der Waals surface area contributed by atoms with Gasteiger partial charge in [0, 0.05) is 0 Å². The van der Waals surface area contributed by atoms with Crippen LogP contribution in [-0.2, 0) is 14.6 Å². The van der Waals surface area contributed by atoms with Crippen LogP contribution in [0.25, 0.3) is 0 Å². The number of halogens is 3. The molecule has 0 radical (unpaired) electrons. The van der Waals surface area contributed by atoms with Crippen molar-refractivity contribution in [2.75, 3.05) is 0 Å². The summed E-state index contributed by atoms with van der Waals surface area (Å²) >= 11 is 0. The molecule has 0 saturated heterocycles. The molecule has 17 heavy (non-hydrogen) atoms. The third kappa shape index (κ3) is 3.44. The van der Waals surface area contributed by atoms with E-state index in [2.05, 4.69) is 4.74 Å². The second-order valence-electron chi connectivity index (χ2n) is 2.88. The van der Waals surface area contributed by atoms with Crippen LogP contribution in [0.15, 0.2) is 35.2 Å². The molecule has 0 amide bonds. The number of rotatable bonds is 3. The minimum atomic E-state index is -5.19. The van der Waals surface area contributed by atoms with Crippen LogP contribution in [-0.4, -0.2) is 20.2 Å². The Balaban J connectivity index is 3.10. The Bertz CT molecular complexity index is 519. The van der Waals surface area contributed by atoms with E-state index < -0.39 is 26.5 Å². The summed E-state index contributed by atoms with van der Waals surface area (Å²) in [5.41, 5.74) is -2.61. The lowest BCUT2D eigenvalue weighted by Gasteiger charge is -2.13. The molecule has 8 heteroatoms. The third-order valence-electron chi connectivity index (χ3n) is 1.70. The van der Waals surface area contributed by atoms with Gasteiger partial charge in [-0.25, -0.2) is 8.42 Å². The van der Waals surface area contributed by atoms with Crippen molar-refractivity contribution in [3.8, 4) is 6.07 Å². The molecular weight excluding hydrogens is 259 g/mol. The number of hydrogen-bond acceptors (Lipinski definition) is 4. The summed E-state index contributed by atoms with van der Waals surface area (Å²) in [4.78, 5) is -0.407. The Morgan fingerprint density at radius 2 is 1.76 bits per heavy atom. The minimum absolute atomic E-state index is 0.407. The van der Waals surface area contributed by atoms with Gasteiger partial charge in [0.25, 0.3) is 5.44 Å². The minimum Gasteiger partial charge on any atom is -0.257 e. The van der Waals surface area contributed by atoms with E-state index in [9.17, 15) is 21.6 Å². The molecule has 0 aromatic heterocycles. The van der Waals surface area contributed by atoms with Crippen molar-refractivity contribution in [2.45, 2.75) is 16.7 Å². The largest absolute Gasteiger partial charge is 0.524 e. The van der Waals surface area contributed by atoms with E-state index in [1.807, 2.05) is 0 Å². The number of ether oxygens (including phenoxy) is 1. The number of hydrogen-bond donors (Lipinski definition) is 0. The molecule has 0 bridgehead atoms. The van der Waals surface area contributed by atoms with Gasteiger partial charge in [-0.2, -0.15) is 5.26 Å². The van der Waals surface area contributed by atoms with Crippen molar-refractivity contribution >= 4 is 9.84 Å². The first kappa shape index (κ1) is 13.5. The molecule has 1 unspecified atom stereocenters. The fourth-order valence-electron chi connectivity index (χ4n) is 1.01. The number of benzene rings is 1. The summed E-state index contributed by atoms with van der Waals surface area (Å²) in [7, 11) is -4.49. The lowest BCUT2D eigenvalue weighted by Crippen LogP contribution is -2.29. The van der Waals surface area contributed by atoms with Crippen LogP contribution in [0.1, 0.15) is 0 Å². The molecule has 0 fully saturated rings. The van der Waals surface area contributed by atoms with Gasteiger partial charge in [0.1, 0.15) is 6.07 Å². The van der Waals surface area contributed by atoms with Gasteiger partial charge in [0.05, 0.1) is 4.90 Å². The zero-order chi connectivity index (χ0) is 13.1. The van der Waals surface area contributed by atoms with E-state index in [0.29, 0.717) is 0 Å². The molecule has 4 nitrogen and oxygen atoms in total. The molecule has 92 valence electrons. The zero-order valence-corrected chi connectivity index (χ0v) is 8.99. The number of nitriles is 1. The standard InChI is InChI=1S/C9H6F3NO3S/c10-9(11,12)16-8(6-13)17(14,15)7-4-2-1-3-5-7/h1-5,8H. The molecule has 0 heterocycles. The van der Waals surface area contributed by atoms with E-state index in [-0.39, 0.29) is 0 Å². The van der Waals surface area contributed by atoms with Gasteiger partial charge in [-0.3, -0.25) is 4.74 Å². The molecule has 0 spiro atoms. The summed E-state index contributed by atoms with van der Waals surface area (Å²) in [5, 5.41) is 8.43. The van der Waals surface area contributed by atoms with Gasteiger partial charge in [-0.05, 0) is 12.1 Å². The highest BCUT2D eigenvalue weighted by Gasteiger charge is 2.40. The van der Waals surface area contributed by atoms with E-state index in [0.717, 1.165) is 18.2 Å². The van der Waals surface area contributed by atoms with Gasteiger partial charge < -0.3 is 0 Å². The second kappa shape index (κ2) is 4.73. The first-order valence-corrected chi connectivity index (χ1v) is 5.75. The third-order valence-corrected chi connectivity index (χ3v) is 3.39. The van der Waals surface area contributed by atoms with E-state index in [4.69, 9.17) is 5.26 Å². The van der Waals surface area contributed by atoms with E-state index in [1.165, 1.54) is 18.2 Å². The van der Waals surface area contributed by atoms with Gasteiger partial charge >= 0.3 is 6.36 Å². The average molecular weight is 265 g/mol. The summed E-state index contributed by atoms with van der Waals surface area (Å²) < 4.78 is 62.1. The Labute approximate surface area is 95.2 Å². The smallest absolute Gasteiger partial charge is 0.257 e. The maximum atomic E-state index is 11.9. The lowest BCUT2D eigenvalue weighted by atomic mass is 10.4. The number of sulfone groups is 1. The van der Waals surface area contributed by atoms with Crippen LogP contribution in [0.3, 0.4) is 0 Å². The Hall–Kier alpha value is -1.59. The topological polar surface area (TPSA) is 67.2 Å². The van der Waals surface area contributed by atoms with Crippen molar-refractivity contribution < 1.29 is 26.3 Å². The first-order chi connectivity index (χ1) is 7.77. The normalized spacial score (nSPS) is 14.0. The van der Waals surface area contributed by atoms with Crippen LogP contribution < -0.4 is 0 Å². The number of alkyl halides is 3. The van der Waals surface area contributed by atoms with Crippen LogP contribution >= 0.6 is 0 Å². The predicted molar refractivity (Wildman–Crippen MR) is 50.2 cm³/mol. The summed E-state index contributed by atoms with van der Waals surface area (Å²) in [5.74, 6) is 0. The van der Waals surface area contributed by atoms with Crippen molar-refractivity contribution in [1.82, 2.24) is 0 Å². The highest BCUT2D eigenvalue weighted by atomic mass is 32.2. The van der Waals surface area contributed by atoms with Crippen LogP contribution in [0.5, 0.6) is 0 Å². The highest BCUT2D eigenvalue weighted by Crippen LogP contribution is 2.24. The average Bonchev–Trinajstić information content (AvgIpc) is 2.25. The van der Waals surface area contributed by atoms with Crippen molar-refractivity contribution in [1.29, 1.82) is 5.26 Å². The molecule has 0 aliphatic carbocycles. The van der Waals surface area contributed by atoms with Crippen molar-refractivity contribution in [3.63, 3.8) is 0 Å². The highest BCUT2D eigenvalue weighted by molar-refractivity contribution is 7.92. The molecule has 1 aromatic rings. The van der Waals surface area contributed by atoms with Gasteiger partial charge in [0.2, 0.25) is 9.84 Å². The predicted octanol–water partition coefficient (Wildman–Crippen LogP) is 1.85. The Kier molecular flexibility index (Phi) is 3.75. The molecule has 1 rings (SSSR count). The van der Waals surface area contributed by atoms with Crippen LogP contribution in [0.4, 0.5) is 13.2 Å². The summed E-state index contributed by atoms with van der Waals surface area (Å²) in [6.07, 6.45) is -5.19. The molecular formula is C9H6F3NO3S. The maximum absolute atomic E-state index is 11.9. The summed E-state index contributed by atoms with van der Waals surface area (Å²) in [6.45, 7) is 0. The molecule has 0 saturated carbocycles. The van der Waals surface area contributed by atoms with Crippen LogP contribution in [0.2, 0.25) is 0 Å². The molecule has 1 aromatic carbocycles. The molecule has 0 N–H and O–H groups in total. The quantitative estimate of drug-likeness (QED) is 0.836. The van der Waals surface area contributed by atoms with Gasteiger partial charge in [-0.1, -0.05) is 18.2 Å². The van der Waals surface area contributed by atoms with Gasteiger partial charge in [0.15, 0.2) is 0 Å². The zero-order valence-electron chi connectivity index (χ0n) is 8.18. The van der Waals surface area contributed by atoms with E-state index in [1.54, 1.807) is 0 Å². The Morgan fingerprint density at radius 3 is 2.18 bits per heavy atom. The molecule has 0 aliphatic heterocycles. The van der Waals surface area contributed by atoms with Crippen LogP contribution in [0, 0.1) is 11.3 Å². The molecule has 0 aliphatic rings. The maximum Gasteiger partial charge on any atom is 0.524 e. The van der Waals surface area contributed by atoms with Crippen molar-refractivity contribution in [3.05, 3.63) is 30.3 Å². The van der Waals surface area contributed by atoms with E-state index >= 15 is 0 Å². The summed E-state index contributed by atoms with van der Waals surface area (Å²) in [6, 6.07) is 7.28. The lowest BCUT2D eigenvalue weighted by molar-refractivity contribution is -0.325. The fourth-order valence-corrected chi connectivity index (χ4v) is 2.17. The van der Waals surface area contributed by atoms with Gasteiger partial charge in [-0.15, -0.1) is 13.2 Å². The monoisotopic (exact) mass is 265 g/mol. The first-order valence-electron chi connectivity index (χ1n) is 4.20. The molecule has 1 atom stereocenters. The Morgan fingerprint density at radius 1 is 1.24 bits per heavy atom. The fraction of sp³-hybridized carbons (Fsp3) is 0.222. The number of nitrogens with zero attached hydrogens (tertiary/aromatic N) is 1. The van der Waals surface area contributed by atoms with Crippen molar-refractivity contribution in [2.24, 2.45) is 0 Å². The second-order valence-corrected chi connectivity index (χ2v) is 4.87. The SMILES string of the molecule is N#CC(OC(F)(F)F)S(=O)(=O)c1ccccc1.